The number of ether oxygens (including phenoxy) is 3. The molecule has 0 unspecified atom stereocenters. The number of nitrogens with zero attached hydrogens (tertiary/aromatic N) is 3. The number of halogens is 1. The first-order valence-electron chi connectivity index (χ1n) is 18.4. The molecule has 280 valence electrons. The van der Waals surface area contributed by atoms with Gasteiger partial charge in [0.05, 0.1) is 50.2 Å². The second-order valence-electron chi connectivity index (χ2n) is 15.2. The molecule has 10 nitrogen and oxygen atoms in total. The molecule has 0 radical (unpaired) electrons. The second kappa shape index (κ2) is 13.7. The first-order chi connectivity index (χ1) is 25.9. The maximum absolute atomic E-state index is 16.6. The fraction of sp³-hybridized carbons (Fsp3) is 0.357. The predicted octanol–water partition coefficient (Wildman–Crippen LogP) is 6.41. The molecule has 1 fully saturated rings. The van der Waals surface area contributed by atoms with Gasteiger partial charge in [0.25, 0.3) is 11.8 Å². The van der Waals surface area contributed by atoms with Gasteiger partial charge in [0, 0.05) is 29.3 Å². The van der Waals surface area contributed by atoms with Crippen molar-refractivity contribution < 1.29 is 37.8 Å². The lowest BCUT2D eigenvalue weighted by Crippen LogP contribution is -2.48. The van der Waals surface area contributed by atoms with Crippen LogP contribution < -0.4 is 19.3 Å². The van der Waals surface area contributed by atoms with Crippen LogP contribution in [0.5, 0.6) is 11.5 Å². The number of rotatable bonds is 8. The molecular weight excluding hydrogens is 706 g/mol. The van der Waals surface area contributed by atoms with Crippen molar-refractivity contribution in [3.63, 3.8) is 0 Å². The maximum Gasteiger partial charge on any atom is 0.269 e. The normalized spacial score (nSPS) is 24.7. The number of carbonyl (C=O) groups is 3. The van der Waals surface area contributed by atoms with Crippen LogP contribution in [0.2, 0.25) is 18.6 Å². The summed E-state index contributed by atoms with van der Waals surface area (Å²) in [5.41, 5.74) is 3.25. The highest BCUT2D eigenvalue weighted by Gasteiger charge is 2.67. The largest absolute Gasteiger partial charge is 0.497 e. The molecule has 1 N–H and O–H groups in total. The number of methoxy groups -OCH3 is 1. The molecule has 4 heterocycles. The third-order valence-corrected chi connectivity index (χ3v) is 14.1. The number of aliphatic hydroxyl groups is 1. The smallest absolute Gasteiger partial charge is 0.269 e. The zero-order chi connectivity index (χ0) is 37.9. The molecule has 5 atom stereocenters. The molecule has 1 saturated heterocycles. The summed E-state index contributed by atoms with van der Waals surface area (Å²) in [5.74, 6) is -0.195. The van der Waals surface area contributed by atoms with Crippen molar-refractivity contribution >= 4 is 43.2 Å². The van der Waals surface area contributed by atoms with Crippen LogP contribution in [0.4, 0.5) is 21.2 Å². The monoisotopic (exact) mass is 749 g/mol. The lowest BCUT2D eigenvalue weighted by atomic mass is 9.82. The molecule has 1 spiro atoms. The summed E-state index contributed by atoms with van der Waals surface area (Å²) >= 11 is 0. The molecule has 0 aromatic heterocycles. The Bertz CT molecular complexity index is 2120. The van der Waals surface area contributed by atoms with Crippen molar-refractivity contribution in [3.05, 3.63) is 113 Å². The van der Waals surface area contributed by atoms with E-state index >= 15 is 4.11 Å². The zero-order valence-electron chi connectivity index (χ0n) is 30.8. The van der Waals surface area contributed by atoms with E-state index in [4.69, 9.17) is 14.2 Å². The fourth-order valence-electron chi connectivity index (χ4n) is 9.16. The Morgan fingerprint density at radius 1 is 0.981 bits per heavy atom. The summed E-state index contributed by atoms with van der Waals surface area (Å²) in [5, 5.41) is 10.3. The summed E-state index contributed by atoms with van der Waals surface area (Å²) in [6, 6.07) is 27.7. The van der Waals surface area contributed by atoms with Gasteiger partial charge in [-0.2, -0.15) is 0 Å². The zero-order valence-corrected chi connectivity index (χ0v) is 31.8. The van der Waals surface area contributed by atoms with Gasteiger partial charge in [-0.25, -0.2) is 0 Å². The molecule has 54 heavy (non-hydrogen) atoms. The highest BCUT2D eigenvalue weighted by molar-refractivity contribution is 6.72. The molecule has 8 rings (SSSR count). The van der Waals surface area contributed by atoms with E-state index in [1.54, 1.807) is 47.0 Å². The van der Waals surface area contributed by atoms with Crippen molar-refractivity contribution in [1.29, 1.82) is 0 Å². The Balaban J connectivity index is 1.10. The molecule has 4 aliphatic rings. The summed E-state index contributed by atoms with van der Waals surface area (Å²) in [7, 11) is -2.00. The molecular formula is C42H44FN3O7Si. The van der Waals surface area contributed by atoms with Crippen LogP contribution in [-0.2, 0) is 44.2 Å². The summed E-state index contributed by atoms with van der Waals surface area (Å²) in [6.45, 7) is 5.37. The van der Waals surface area contributed by atoms with E-state index < -0.39 is 37.6 Å². The van der Waals surface area contributed by atoms with E-state index in [9.17, 15) is 19.5 Å². The van der Waals surface area contributed by atoms with E-state index in [1.807, 2.05) is 85.8 Å². The van der Waals surface area contributed by atoms with Crippen molar-refractivity contribution in [2.75, 3.05) is 30.1 Å². The Hall–Kier alpha value is -5.04. The Labute approximate surface area is 315 Å². The SMILES string of the molecule is COc1ccc2c(c1)[C@]1(O[C@@H](CC(=O)N3Cc4ccccc4C[C@H]3CO)[C@H]([Si](C)(C)F)[C@H]1C)C(=O)N2Cc1ccc(N2C(=O)COc3ccccc32)cc1. The first-order valence-corrected chi connectivity index (χ1v) is 21.4. The van der Waals surface area contributed by atoms with Gasteiger partial charge >= 0.3 is 0 Å². The molecule has 4 aliphatic heterocycles. The molecule has 12 heteroatoms. The van der Waals surface area contributed by atoms with Gasteiger partial charge in [0.15, 0.2) is 12.2 Å². The number of fused-ring (bicyclic) bond motifs is 4. The average molecular weight is 750 g/mol. The van der Waals surface area contributed by atoms with E-state index in [0.29, 0.717) is 47.1 Å². The summed E-state index contributed by atoms with van der Waals surface area (Å²) < 4.78 is 34.7. The van der Waals surface area contributed by atoms with Gasteiger partial charge in [0.2, 0.25) is 14.3 Å². The number of amides is 3. The van der Waals surface area contributed by atoms with E-state index in [-0.39, 0.29) is 43.9 Å². The highest BCUT2D eigenvalue weighted by Crippen LogP contribution is 2.61. The van der Waals surface area contributed by atoms with Crippen molar-refractivity contribution in [1.82, 2.24) is 4.90 Å². The van der Waals surface area contributed by atoms with Gasteiger partial charge in [-0.1, -0.05) is 55.5 Å². The number of hydrogen-bond donors (Lipinski definition) is 1. The quantitative estimate of drug-likeness (QED) is 0.164. The lowest BCUT2D eigenvalue weighted by molar-refractivity contribution is -0.151. The van der Waals surface area contributed by atoms with Gasteiger partial charge in [-0.05, 0) is 78.7 Å². The third kappa shape index (κ3) is 5.87. The fourth-order valence-corrected chi connectivity index (χ4v) is 11.7. The minimum absolute atomic E-state index is 0.0678. The Kier molecular flexibility index (Phi) is 9.10. The maximum atomic E-state index is 16.6. The first kappa shape index (κ1) is 36.0. The number of benzene rings is 4. The van der Waals surface area contributed by atoms with Crippen LogP contribution >= 0.6 is 0 Å². The van der Waals surface area contributed by atoms with Crippen LogP contribution in [0, 0.1) is 5.92 Å². The van der Waals surface area contributed by atoms with Crippen LogP contribution in [0.3, 0.4) is 0 Å². The van der Waals surface area contributed by atoms with Gasteiger partial charge in [0.1, 0.15) is 11.5 Å². The minimum atomic E-state index is -3.55. The van der Waals surface area contributed by atoms with Gasteiger partial charge < -0.3 is 33.2 Å². The molecule has 0 saturated carbocycles. The Morgan fingerprint density at radius 2 is 1.70 bits per heavy atom. The molecule has 4 aromatic carbocycles. The van der Waals surface area contributed by atoms with Gasteiger partial charge in [-0.15, -0.1) is 0 Å². The van der Waals surface area contributed by atoms with Gasteiger partial charge in [-0.3, -0.25) is 19.3 Å². The number of aliphatic hydroxyl groups excluding tert-OH is 1. The van der Waals surface area contributed by atoms with Crippen LogP contribution in [0.1, 0.15) is 35.6 Å². The highest BCUT2D eigenvalue weighted by atomic mass is 28.4. The molecule has 3 amide bonds. The summed E-state index contributed by atoms with van der Waals surface area (Å²) in [6.07, 6.45) is -0.464. The lowest BCUT2D eigenvalue weighted by Gasteiger charge is -2.37. The van der Waals surface area contributed by atoms with E-state index in [2.05, 4.69) is 0 Å². The van der Waals surface area contributed by atoms with E-state index in [1.165, 1.54) is 0 Å². The number of hydrogen-bond acceptors (Lipinski definition) is 7. The number of carbonyl (C=O) groups excluding carboxylic acids is 3. The number of anilines is 3. The third-order valence-electron chi connectivity index (χ3n) is 11.7. The van der Waals surface area contributed by atoms with Crippen molar-refractivity contribution in [2.24, 2.45) is 5.92 Å². The average Bonchev–Trinajstić information content (AvgIpc) is 3.59. The van der Waals surface area contributed by atoms with Crippen molar-refractivity contribution in [2.45, 2.75) is 69.2 Å². The topological polar surface area (TPSA) is 109 Å². The van der Waals surface area contributed by atoms with Crippen LogP contribution in [0.25, 0.3) is 0 Å². The molecule has 0 aliphatic carbocycles. The Morgan fingerprint density at radius 3 is 2.43 bits per heavy atom. The minimum Gasteiger partial charge on any atom is -0.497 e. The summed E-state index contributed by atoms with van der Waals surface area (Å²) in [4.78, 5) is 47.1. The molecule has 0 bridgehead atoms. The predicted molar refractivity (Wildman–Crippen MR) is 204 cm³/mol. The van der Waals surface area contributed by atoms with E-state index in [0.717, 1.165) is 16.7 Å². The van der Waals surface area contributed by atoms with Crippen LogP contribution in [0.15, 0.2) is 91.0 Å². The number of para-hydroxylation sites is 2. The van der Waals surface area contributed by atoms with Crippen molar-refractivity contribution in [3.8, 4) is 11.5 Å². The van der Waals surface area contributed by atoms with Crippen LogP contribution in [-0.4, -0.2) is 68.6 Å². The molecule has 4 aromatic rings. The standard InChI is InChI=1S/C42H44FN3O7Si/c1-26-40(54(3,4)43)37(21-38(48)44-23-29-10-6-5-9-28(29)19-31(44)24-47)53-42(26)33-20-32(51-2)17-18-34(33)45(41(42)50)22-27-13-15-30(16-14-27)46-35-11-7-8-12-36(35)52-25-39(46)49/h5-18,20,26,31,37,40,47H,19,21-25H2,1-4H3/t26-,31+,37+,40-,42+/m1/s1. The second-order valence-corrected chi connectivity index (χ2v) is 19.0.